The molecule has 1 unspecified atom stereocenters. The first-order chi connectivity index (χ1) is 8.86. The van der Waals surface area contributed by atoms with E-state index in [9.17, 15) is 14.4 Å². The van der Waals surface area contributed by atoms with Crippen molar-refractivity contribution in [2.45, 2.75) is 13.8 Å². The summed E-state index contributed by atoms with van der Waals surface area (Å²) in [5.41, 5.74) is 1.39. The normalized spacial score (nSPS) is 11.5. The molecule has 1 amide bonds. The second kappa shape index (κ2) is 5.99. The van der Waals surface area contributed by atoms with Gasteiger partial charge in [-0.25, -0.2) is 4.79 Å². The van der Waals surface area contributed by atoms with Gasteiger partial charge in [-0.2, -0.15) is 0 Å². The number of carboxylic acids is 1. The van der Waals surface area contributed by atoms with Crippen LogP contribution in [-0.4, -0.2) is 30.1 Å². The minimum Gasteiger partial charge on any atom is -0.481 e. The summed E-state index contributed by atoms with van der Waals surface area (Å²) in [6.45, 7) is 3.03. The Morgan fingerprint density at radius 1 is 1.32 bits per heavy atom. The Bertz CT molecular complexity index is 524. The molecule has 0 aliphatic rings. The molecule has 0 spiro atoms. The van der Waals surface area contributed by atoms with E-state index in [1.807, 2.05) is 0 Å². The number of amides is 1. The predicted octanol–water partition coefficient (Wildman–Crippen LogP) is 1.44. The molecule has 6 heteroatoms. The largest absolute Gasteiger partial charge is 0.481 e. The van der Waals surface area contributed by atoms with Gasteiger partial charge in [-0.15, -0.1) is 0 Å². The second-order valence-corrected chi connectivity index (χ2v) is 4.07. The van der Waals surface area contributed by atoms with E-state index in [1.165, 1.54) is 20.1 Å². The van der Waals surface area contributed by atoms with Crippen molar-refractivity contribution in [3.05, 3.63) is 29.3 Å². The molecule has 0 radical (unpaired) electrons. The molecule has 0 fully saturated rings. The highest BCUT2D eigenvalue weighted by Crippen LogP contribution is 2.18. The fraction of sp³-hybridized carbons (Fsp3) is 0.308. The number of aryl methyl sites for hydroxylation is 1. The van der Waals surface area contributed by atoms with E-state index < -0.39 is 23.8 Å². The topological polar surface area (TPSA) is 92.7 Å². The number of carboxylic acid groups (broad SMARTS) is 1. The minimum atomic E-state index is -1.21. The molecule has 6 nitrogen and oxygen atoms in total. The van der Waals surface area contributed by atoms with Gasteiger partial charge in [-0.05, 0) is 31.5 Å². The minimum absolute atomic E-state index is 0.284. The molecule has 1 aromatic rings. The molecule has 0 bridgehead atoms. The zero-order valence-electron chi connectivity index (χ0n) is 10.9. The Balaban J connectivity index is 2.97. The maximum absolute atomic E-state index is 11.6. The molecular weight excluding hydrogens is 250 g/mol. The lowest BCUT2D eigenvalue weighted by atomic mass is 10.1. The average molecular weight is 265 g/mol. The monoisotopic (exact) mass is 265 g/mol. The Morgan fingerprint density at radius 2 is 1.95 bits per heavy atom. The van der Waals surface area contributed by atoms with Crippen molar-refractivity contribution in [2.75, 3.05) is 12.4 Å². The maximum atomic E-state index is 11.6. The van der Waals surface area contributed by atoms with Crippen molar-refractivity contribution >= 4 is 23.5 Å². The van der Waals surface area contributed by atoms with Crippen molar-refractivity contribution in [3.8, 4) is 0 Å². The predicted molar refractivity (Wildman–Crippen MR) is 67.9 cm³/mol. The number of hydrogen-bond acceptors (Lipinski definition) is 4. The Kier molecular flexibility index (Phi) is 4.63. The lowest BCUT2D eigenvalue weighted by molar-refractivity contribution is -0.144. The highest BCUT2D eigenvalue weighted by Gasteiger charge is 2.21. The lowest BCUT2D eigenvalue weighted by Gasteiger charge is -2.11. The van der Waals surface area contributed by atoms with Crippen molar-refractivity contribution in [3.63, 3.8) is 0 Å². The Hall–Kier alpha value is -2.37. The van der Waals surface area contributed by atoms with Gasteiger partial charge in [0.15, 0.2) is 0 Å². The summed E-state index contributed by atoms with van der Waals surface area (Å²) >= 11 is 0. The molecular formula is C13H15NO5. The number of ether oxygens (including phenoxy) is 1. The van der Waals surface area contributed by atoms with E-state index >= 15 is 0 Å². The number of benzene rings is 1. The van der Waals surface area contributed by atoms with Gasteiger partial charge in [0.05, 0.1) is 12.7 Å². The van der Waals surface area contributed by atoms with Crippen LogP contribution in [0.1, 0.15) is 22.8 Å². The quantitative estimate of drug-likeness (QED) is 0.634. The van der Waals surface area contributed by atoms with E-state index in [4.69, 9.17) is 5.11 Å². The molecule has 0 aromatic heterocycles. The molecule has 19 heavy (non-hydrogen) atoms. The molecule has 102 valence electrons. The molecule has 0 aliphatic heterocycles. The summed E-state index contributed by atoms with van der Waals surface area (Å²) in [5.74, 6) is -3.54. The van der Waals surface area contributed by atoms with Crippen LogP contribution in [0.15, 0.2) is 18.2 Å². The number of carbonyl (C=O) groups is 3. The first-order valence-electron chi connectivity index (χ1n) is 5.59. The second-order valence-electron chi connectivity index (χ2n) is 4.07. The third-order valence-electron chi connectivity index (χ3n) is 2.68. The number of carbonyl (C=O) groups excluding carboxylic acids is 2. The smallest absolute Gasteiger partial charge is 0.337 e. The van der Waals surface area contributed by atoms with Crippen LogP contribution in [0.2, 0.25) is 0 Å². The third kappa shape index (κ3) is 3.54. The standard InChI is InChI=1S/C13H15NO5/c1-7-4-5-9(13(18)19-3)6-10(7)14-11(15)8(2)12(16)17/h4-6,8H,1-3H3,(H,14,15)(H,16,17). The van der Waals surface area contributed by atoms with E-state index in [1.54, 1.807) is 19.1 Å². The third-order valence-corrected chi connectivity index (χ3v) is 2.68. The lowest BCUT2D eigenvalue weighted by Crippen LogP contribution is -2.27. The molecule has 0 aliphatic carbocycles. The van der Waals surface area contributed by atoms with E-state index in [0.29, 0.717) is 5.69 Å². The van der Waals surface area contributed by atoms with Gasteiger partial charge >= 0.3 is 11.9 Å². The molecule has 1 rings (SSSR count). The Morgan fingerprint density at radius 3 is 2.47 bits per heavy atom. The van der Waals surface area contributed by atoms with Crippen molar-refractivity contribution in [2.24, 2.45) is 5.92 Å². The molecule has 2 N–H and O–H groups in total. The number of rotatable bonds is 4. The number of methoxy groups -OCH3 is 1. The van der Waals surface area contributed by atoms with Crippen LogP contribution in [0.4, 0.5) is 5.69 Å². The van der Waals surface area contributed by atoms with Gasteiger partial charge in [0.1, 0.15) is 5.92 Å². The van der Waals surface area contributed by atoms with Gasteiger partial charge in [0.2, 0.25) is 5.91 Å². The SMILES string of the molecule is COC(=O)c1ccc(C)c(NC(=O)C(C)C(=O)O)c1. The highest BCUT2D eigenvalue weighted by atomic mass is 16.5. The van der Waals surface area contributed by atoms with Crippen LogP contribution in [0.5, 0.6) is 0 Å². The molecule has 1 atom stereocenters. The number of esters is 1. The number of hydrogen-bond donors (Lipinski definition) is 2. The van der Waals surface area contributed by atoms with E-state index in [-0.39, 0.29) is 5.56 Å². The van der Waals surface area contributed by atoms with Gasteiger partial charge in [0, 0.05) is 5.69 Å². The van der Waals surface area contributed by atoms with Crippen LogP contribution in [0, 0.1) is 12.8 Å². The summed E-state index contributed by atoms with van der Waals surface area (Å²) in [6, 6.07) is 4.67. The van der Waals surface area contributed by atoms with Crippen LogP contribution in [0.25, 0.3) is 0 Å². The van der Waals surface area contributed by atoms with Gasteiger partial charge < -0.3 is 15.2 Å². The zero-order valence-corrected chi connectivity index (χ0v) is 10.9. The first-order valence-corrected chi connectivity index (χ1v) is 5.59. The van der Waals surface area contributed by atoms with Crippen LogP contribution in [0.3, 0.4) is 0 Å². The fourth-order valence-corrected chi connectivity index (χ4v) is 1.35. The molecule has 1 aromatic carbocycles. The van der Waals surface area contributed by atoms with E-state index in [0.717, 1.165) is 5.56 Å². The number of nitrogens with one attached hydrogen (secondary N) is 1. The summed E-state index contributed by atoms with van der Waals surface area (Å²) in [4.78, 5) is 33.7. The molecule has 0 saturated heterocycles. The highest BCUT2D eigenvalue weighted by molar-refractivity contribution is 6.04. The van der Waals surface area contributed by atoms with Gasteiger partial charge in [-0.1, -0.05) is 6.07 Å². The van der Waals surface area contributed by atoms with Crippen molar-refractivity contribution < 1.29 is 24.2 Å². The summed E-state index contributed by atoms with van der Waals surface area (Å²) < 4.78 is 4.58. The summed E-state index contributed by atoms with van der Waals surface area (Å²) in [5, 5.41) is 11.2. The van der Waals surface area contributed by atoms with Crippen LogP contribution >= 0.6 is 0 Å². The fourth-order valence-electron chi connectivity index (χ4n) is 1.35. The number of aliphatic carboxylic acids is 1. The maximum Gasteiger partial charge on any atom is 0.337 e. The Labute approximate surface area is 110 Å². The average Bonchev–Trinajstić information content (AvgIpc) is 2.39. The van der Waals surface area contributed by atoms with Crippen molar-refractivity contribution in [1.29, 1.82) is 0 Å². The van der Waals surface area contributed by atoms with Gasteiger partial charge in [0.25, 0.3) is 0 Å². The summed E-state index contributed by atoms with van der Waals surface area (Å²) in [6.07, 6.45) is 0. The number of anilines is 1. The van der Waals surface area contributed by atoms with E-state index in [2.05, 4.69) is 10.1 Å². The first kappa shape index (κ1) is 14.7. The molecule has 0 heterocycles. The van der Waals surface area contributed by atoms with Crippen molar-refractivity contribution in [1.82, 2.24) is 0 Å². The van der Waals surface area contributed by atoms with Crippen LogP contribution in [-0.2, 0) is 14.3 Å². The van der Waals surface area contributed by atoms with Crippen LogP contribution < -0.4 is 5.32 Å². The zero-order chi connectivity index (χ0) is 14.6. The summed E-state index contributed by atoms with van der Waals surface area (Å²) in [7, 11) is 1.26. The molecule has 0 saturated carbocycles. The van der Waals surface area contributed by atoms with Gasteiger partial charge in [-0.3, -0.25) is 9.59 Å².